The number of likely N-dealkylation sites (N-methyl/N-ethyl adjacent to an activating group) is 1. The van der Waals surface area contributed by atoms with Crippen LogP contribution in [-0.2, 0) is 37.4 Å². The highest BCUT2D eigenvalue weighted by atomic mass is 31.2. The number of phosphoric ester groups is 1. The van der Waals surface area contributed by atoms with Crippen LogP contribution in [-0.4, -0.2) is 87.1 Å². The van der Waals surface area contributed by atoms with Gasteiger partial charge in [-0.15, -0.1) is 0 Å². The highest BCUT2D eigenvalue weighted by Crippen LogP contribution is 2.43. The van der Waals surface area contributed by atoms with Gasteiger partial charge >= 0.3 is 19.8 Å². The van der Waals surface area contributed by atoms with E-state index in [1.165, 1.54) is 51.4 Å². The summed E-state index contributed by atoms with van der Waals surface area (Å²) in [5.41, 5.74) is 0. The van der Waals surface area contributed by atoms with Crippen molar-refractivity contribution in [2.24, 2.45) is 0 Å². The number of unbranched alkanes of at least 4 members (excludes halogenated alkanes) is 11. The molecule has 1 N–H and O–H groups in total. The highest BCUT2D eigenvalue weighted by Gasteiger charge is 2.36. The minimum absolute atomic E-state index is 0.0171. The van der Waals surface area contributed by atoms with E-state index in [0.717, 1.165) is 51.4 Å². The molecule has 1 rings (SSSR count). The normalized spacial score (nSPS) is 18.0. The number of nitrogens with zero attached hydrogens (tertiary/aromatic N) is 1. The summed E-state index contributed by atoms with van der Waals surface area (Å²) in [6.45, 7) is 4.20. The number of phosphoric acid groups is 1. The third kappa shape index (κ3) is 31.9. The van der Waals surface area contributed by atoms with E-state index in [1.807, 2.05) is 27.2 Å². The summed E-state index contributed by atoms with van der Waals surface area (Å²) >= 11 is 0. The van der Waals surface area contributed by atoms with Crippen molar-refractivity contribution in [2.45, 2.75) is 161 Å². The van der Waals surface area contributed by atoms with Gasteiger partial charge in [0.05, 0.1) is 40.0 Å². The van der Waals surface area contributed by atoms with Gasteiger partial charge < -0.3 is 23.6 Å². The zero-order valence-corrected chi connectivity index (χ0v) is 34.8. The summed E-state index contributed by atoms with van der Waals surface area (Å²) in [5.74, 6) is -0.878. The summed E-state index contributed by atoms with van der Waals surface area (Å²) in [6.07, 6.45) is 36.2. The summed E-state index contributed by atoms with van der Waals surface area (Å²) in [7, 11) is 1.42. The first-order chi connectivity index (χ1) is 25.5. The molecule has 4 atom stereocenters. The smallest absolute Gasteiger partial charge is 0.462 e. The molecule has 10 nitrogen and oxygen atoms in total. The fourth-order valence-corrected chi connectivity index (χ4v) is 6.18. The number of rotatable bonds is 35. The van der Waals surface area contributed by atoms with E-state index in [0.29, 0.717) is 23.9 Å². The second-order valence-corrected chi connectivity index (χ2v) is 16.5. The number of carbonyl (C=O) groups is 2. The molecular weight excluding hydrogens is 693 g/mol. The van der Waals surface area contributed by atoms with E-state index in [2.05, 4.69) is 56.4 Å². The first-order valence-electron chi connectivity index (χ1n) is 20.5. The SMILES string of the molecule is CC/C=C\C/C=C\C/C=C\CC1OC1C/C=C\CCCC(=O)OC(COC(=O)CCCCCCCCCCCCC)COP(=O)(O)OCC[N+](C)(C)C. The molecular formula is C42H75NO9P+. The Kier molecular flexibility index (Phi) is 28.8. The molecule has 0 aromatic carbocycles. The van der Waals surface area contributed by atoms with Crippen LogP contribution in [0.15, 0.2) is 48.6 Å². The third-order valence-corrected chi connectivity index (χ3v) is 9.76. The molecule has 0 spiro atoms. The molecule has 0 aromatic rings. The molecule has 53 heavy (non-hydrogen) atoms. The van der Waals surface area contributed by atoms with E-state index in [9.17, 15) is 19.0 Å². The van der Waals surface area contributed by atoms with Gasteiger partial charge in [-0.3, -0.25) is 18.6 Å². The Balaban J connectivity index is 2.37. The van der Waals surface area contributed by atoms with E-state index in [4.69, 9.17) is 23.3 Å². The summed E-state index contributed by atoms with van der Waals surface area (Å²) in [6, 6.07) is 0. The van der Waals surface area contributed by atoms with E-state index in [1.54, 1.807) is 0 Å². The molecule has 0 amide bonds. The maximum absolute atomic E-state index is 12.7. The number of quaternary nitrogens is 1. The maximum atomic E-state index is 12.7. The molecule has 11 heteroatoms. The molecule has 1 aliphatic rings. The van der Waals surface area contributed by atoms with Crippen LogP contribution < -0.4 is 0 Å². The van der Waals surface area contributed by atoms with Crippen LogP contribution >= 0.6 is 7.82 Å². The number of allylic oxidation sites excluding steroid dienone is 6. The maximum Gasteiger partial charge on any atom is 0.472 e. The number of carbonyl (C=O) groups excluding carboxylic acids is 2. The van der Waals surface area contributed by atoms with Gasteiger partial charge in [0, 0.05) is 12.8 Å². The minimum atomic E-state index is -4.39. The lowest BCUT2D eigenvalue weighted by molar-refractivity contribution is -0.870. The molecule has 306 valence electrons. The van der Waals surface area contributed by atoms with Gasteiger partial charge in [0.15, 0.2) is 6.10 Å². The minimum Gasteiger partial charge on any atom is -0.462 e. The highest BCUT2D eigenvalue weighted by molar-refractivity contribution is 7.47. The van der Waals surface area contributed by atoms with Gasteiger partial charge in [-0.25, -0.2) is 4.57 Å². The van der Waals surface area contributed by atoms with Gasteiger partial charge in [-0.2, -0.15) is 0 Å². The number of epoxide rings is 1. The molecule has 0 aromatic heterocycles. The third-order valence-electron chi connectivity index (χ3n) is 8.78. The number of esters is 2. The Labute approximate surface area is 322 Å². The summed E-state index contributed by atoms with van der Waals surface area (Å²) < 4.78 is 39.9. The predicted octanol–water partition coefficient (Wildman–Crippen LogP) is 10.1. The molecule has 1 aliphatic heterocycles. The van der Waals surface area contributed by atoms with Crippen molar-refractivity contribution in [3.8, 4) is 0 Å². The number of ether oxygens (including phenoxy) is 3. The average Bonchev–Trinajstić information content (AvgIpc) is 3.86. The second-order valence-electron chi connectivity index (χ2n) is 15.0. The van der Waals surface area contributed by atoms with Crippen molar-refractivity contribution in [3.63, 3.8) is 0 Å². The molecule has 0 radical (unpaired) electrons. The Morgan fingerprint density at radius 3 is 1.85 bits per heavy atom. The monoisotopic (exact) mass is 769 g/mol. The standard InChI is InChI=1S/C42H74NO9P/c1-6-8-10-12-14-16-17-19-21-23-28-32-41(44)48-36-38(37-50-53(46,47)49-35-34-43(3,4)5)51-42(45)33-29-25-24-27-31-40-39(52-40)30-26-22-20-18-15-13-11-9-7-2/h9,11,15,18,22,24,26-27,38-40H,6-8,10,12-14,16-17,19-21,23,25,28-37H2,1-5H3/p+1/b11-9-,18-15-,26-22-,27-24-. The largest absolute Gasteiger partial charge is 0.472 e. The molecule has 0 saturated carbocycles. The van der Waals surface area contributed by atoms with Gasteiger partial charge in [0.1, 0.15) is 19.8 Å². The van der Waals surface area contributed by atoms with Crippen LogP contribution in [0.25, 0.3) is 0 Å². The quantitative estimate of drug-likeness (QED) is 0.0168. The molecule has 0 bridgehead atoms. The van der Waals surface area contributed by atoms with Crippen molar-refractivity contribution >= 4 is 19.8 Å². The van der Waals surface area contributed by atoms with E-state index >= 15 is 0 Å². The van der Waals surface area contributed by atoms with Gasteiger partial charge in [-0.1, -0.05) is 127 Å². The fraction of sp³-hybridized carbons (Fsp3) is 0.762. The Bertz CT molecular complexity index is 1110. The van der Waals surface area contributed by atoms with Gasteiger partial charge in [0.25, 0.3) is 0 Å². The molecule has 1 saturated heterocycles. The average molecular weight is 769 g/mol. The van der Waals surface area contributed by atoms with Crippen LogP contribution in [0.3, 0.4) is 0 Å². The Hall–Kier alpha value is -2.07. The predicted molar refractivity (Wildman–Crippen MR) is 214 cm³/mol. The number of hydrogen-bond donors (Lipinski definition) is 1. The molecule has 0 aliphatic carbocycles. The fourth-order valence-electron chi connectivity index (χ4n) is 5.44. The summed E-state index contributed by atoms with van der Waals surface area (Å²) in [4.78, 5) is 35.3. The molecule has 1 heterocycles. The lowest BCUT2D eigenvalue weighted by atomic mass is 10.1. The Morgan fingerprint density at radius 1 is 0.698 bits per heavy atom. The molecule has 1 fully saturated rings. The van der Waals surface area contributed by atoms with Crippen molar-refractivity contribution in [2.75, 3.05) is 47.5 Å². The first kappa shape index (κ1) is 48.9. The lowest BCUT2D eigenvalue weighted by Gasteiger charge is -2.24. The molecule has 4 unspecified atom stereocenters. The van der Waals surface area contributed by atoms with Crippen LogP contribution in [0, 0.1) is 0 Å². The Morgan fingerprint density at radius 2 is 1.25 bits per heavy atom. The van der Waals surface area contributed by atoms with E-state index < -0.39 is 26.5 Å². The van der Waals surface area contributed by atoms with Crippen LogP contribution in [0.4, 0.5) is 0 Å². The van der Waals surface area contributed by atoms with Gasteiger partial charge in [-0.05, 0) is 51.4 Å². The van der Waals surface area contributed by atoms with Crippen molar-refractivity contribution in [3.05, 3.63) is 48.6 Å². The topological polar surface area (TPSA) is 121 Å². The van der Waals surface area contributed by atoms with Gasteiger partial charge in [0.2, 0.25) is 0 Å². The second kappa shape index (κ2) is 31.2. The van der Waals surface area contributed by atoms with Crippen molar-refractivity contribution < 1.29 is 46.8 Å². The van der Waals surface area contributed by atoms with Crippen LogP contribution in [0.2, 0.25) is 0 Å². The van der Waals surface area contributed by atoms with Crippen LogP contribution in [0.1, 0.15) is 142 Å². The van der Waals surface area contributed by atoms with Crippen molar-refractivity contribution in [1.29, 1.82) is 0 Å². The zero-order chi connectivity index (χ0) is 39.0. The summed E-state index contributed by atoms with van der Waals surface area (Å²) in [5, 5.41) is 0. The van der Waals surface area contributed by atoms with E-state index in [-0.39, 0.29) is 44.2 Å². The number of hydrogen-bond acceptors (Lipinski definition) is 8. The van der Waals surface area contributed by atoms with Crippen molar-refractivity contribution in [1.82, 2.24) is 0 Å². The zero-order valence-electron chi connectivity index (χ0n) is 33.9. The lowest BCUT2D eigenvalue weighted by Crippen LogP contribution is -2.37. The first-order valence-corrected chi connectivity index (χ1v) is 22.0. The van der Waals surface area contributed by atoms with Crippen LogP contribution in [0.5, 0.6) is 0 Å².